The fourth-order valence-electron chi connectivity index (χ4n) is 1.60. The quantitative estimate of drug-likeness (QED) is 0.527. The summed E-state index contributed by atoms with van der Waals surface area (Å²) >= 11 is 8.99. The van der Waals surface area contributed by atoms with Crippen LogP contribution in [0.2, 0.25) is 5.02 Å². The molecule has 0 aliphatic heterocycles. The molecule has 0 amide bonds. The van der Waals surface area contributed by atoms with Crippen LogP contribution in [0, 0.1) is 5.82 Å². The average molecular weight is 369 g/mol. The van der Waals surface area contributed by atoms with Crippen molar-refractivity contribution in [3.8, 4) is 5.75 Å². The van der Waals surface area contributed by atoms with Gasteiger partial charge in [-0.05, 0) is 48.8 Å². The third kappa shape index (κ3) is 6.39. The molecule has 1 aromatic rings. The van der Waals surface area contributed by atoms with E-state index in [4.69, 9.17) is 21.1 Å². The van der Waals surface area contributed by atoms with Crippen LogP contribution in [0.15, 0.2) is 16.6 Å². The molecule has 0 saturated carbocycles. The van der Waals surface area contributed by atoms with E-state index >= 15 is 0 Å². The van der Waals surface area contributed by atoms with Crippen LogP contribution in [0.1, 0.15) is 20.3 Å². The molecule has 20 heavy (non-hydrogen) atoms. The van der Waals surface area contributed by atoms with Crippen molar-refractivity contribution in [1.29, 1.82) is 0 Å². The summed E-state index contributed by atoms with van der Waals surface area (Å²) in [5, 5.41) is 3.34. The zero-order chi connectivity index (χ0) is 15.0. The first-order valence-corrected chi connectivity index (χ1v) is 7.81. The Morgan fingerprint density at radius 1 is 1.45 bits per heavy atom. The summed E-state index contributed by atoms with van der Waals surface area (Å²) in [6, 6.07) is 2.78. The summed E-state index contributed by atoms with van der Waals surface area (Å²) < 4.78 is 24.9. The highest BCUT2D eigenvalue weighted by atomic mass is 79.9. The summed E-state index contributed by atoms with van der Waals surface area (Å²) in [7, 11) is 0. The number of hydrogen-bond acceptors (Lipinski definition) is 3. The Bertz CT molecular complexity index is 420. The van der Waals surface area contributed by atoms with E-state index in [1.165, 1.54) is 12.1 Å². The van der Waals surface area contributed by atoms with E-state index in [-0.39, 0.29) is 11.1 Å². The third-order valence-electron chi connectivity index (χ3n) is 2.58. The Hall–Kier alpha value is -0.360. The van der Waals surface area contributed by atoms with Crippen LogP contribution in [-0.4, -0.2) is 32.4 Å². The largest absolute Gasteiger partial charge is 0.488 e. The summed E-state index contributed by atoms with van der Waals surface area (Å²) in [6.07, 6.45) is 0.888. The van der Waals surface area contributed by atoms with Gasteiger partial charge in [-0.25, -0.2) is 4.39 Å². The predicted octanol–water partition coefficient (Wildman–Crippen LogP) is 4.03. The topological polar surface area (TPSA) is 30.5 Å². The molecule has 0 bridgehead atoms. The standard InChI is InChI=1S/C14H20BrClFNO2/c1-3-19-6-4-5-18-9-10(2)20-14-8-13(17)12(16)7-11(14)15/h7-8,10,18H,3-6,9H2,1-2H3. The van der Waals surface area contributed by atoms with Gasteiger partial charge in [0.2, 0.25) is 0 Å². The molecule has 0 aromatic heterocycles. The number of nitrogens with one attached hydrogen (secondary N) is 1. The van der Waals surface area contributed by atoms with Crippen molar-refractivity contribution in [3.63, 3.8) is 0 Å². The fourth-order valence-corrected chi connectivity index (χ4v) is 2.33. The zero-order valence-electron chi connectivity index (χ0n) is 11.7. The predicted molar refractivity (Wildman–Crippen MR) is 83.2 cm³/mol. The molecular weight excluding hydrogens is 349 g/mol. The SMILES string of the molecule is CCOCCCNCC(C)Oc1cc(F)c(Cl)cc1Br. The van der Waals surface area contributed by atoms with Gasteiger partial charge in [0.1, 0.15) is 17.7 Å². The Labute approximate surface area is 132 Å². The monoisotopic (exact) mass is 367 g/mol. The number of halogens is 3. The highest BCUT2D eigenvalue weighted by molar-refractivity contribution is 9.10. The summed E-state index contributed by atoms with van der Waals surface area (Å²) in [6.45, 7) is 6.95. The Balaban J connectivity index is 2.32. The van der Waals surface area contributed by atoms with Gasteiger partial charge in [-0.3, -0.25) is 0 Å². The summed E-state index contributed by atoms with van der Waals surface area (Å²) in [5.41, 5.74) is 0. The van der Waals surface area contributed by atoms with Gasteiger partial charge in [0.15, 0.2) is 0 Å². The second kappa shape index (κ2) is 9.55. The van der Waals surface area contributed by atoms with Gasteiger partial charge >= 0.3 is 0 Å². The molecule has 0 aliphatic carbocycles. The molecule has 1 aromatic carbocycles. The number of ether oxygens (including phenoxy) is 2. The van der Waals surface area contributed by atoms with E-state index in [1.54, 1.807) is 0 Å². The van der Waals surface area contributed by atoms with Crippen molar-refractivity contribution in [1.82, 2.24) is 5.32 Å². The van der Waals surface area contributed by atoms with Crippen LogP contribution in [0.3, 0.4) is 0 Å². The molecule has 114 valence electrons. The first-order chi connectivity index (χ1) is 9.54. The maximum atomic E-state index is 13.4. The summed E-state index contributed by atoms with van der Waals surface area (Å²) in [4.78, 5) is 0. The van der Waals surface area contributed by atoms with Gasteiger partial charge in [0.25, 0.3) is 0 Å². The lowest BCUT2D eigenvalue weighted by atomic mass is 10.3. The first-order valence-electron chi connectivity index (χ1n) is 6.64. The number of hydrogen-bond donors (Lipinski definition) is 1. The van der Waals surface area contributed by atoms with E-state index in [0.717, 1.165) is 26.2 Å². The van der Waals surface area contributed by atoms with Crippen LogP contribution in [0.5, 0.6) is 5.75 Å². The molecule has 0 aliphatic rings. The second-order valence-corrected chi connectivity index (χ2v) is 5.64. The second-order valence-electron chi connectivity index (χ2n) is 4.38. The number of benzene rings is 1. The molecule has 1 rings (SSSR count). The summed E-state index contributed by atoms with van der Waals surface area (Å²) in [5.74, 6) is -0.0303. The molecule has 1 N–H and O–H groups in total. The van der Waals surface area contributed by atoms with Crippen LogP contribution in [0.4, 0.5) is 4.39 Å². The highest BCUT2D eigenvalue weighted by Crippen LogP contribution is 2.31. The van der Waals surface area contributed by atoms with Crippen molar-refractivity contribution in [2.45, 2.75) is 26.4 Å². The van der Waals surface area contributed by atoms with Crippen molar-refractivity contribution >= 4 is 27.5 Å². The molecular formula is C14H20BrClFNO2. The fraction of sp³-hybridized carbons (Fsp3) is 0.571. The van der Waals surface area contributed by atoms with Crippen molar-refractivity contribution in [2.75, 3.05) is 26.3 Å². The molecule has 0 fully saturated rings. The highest BCUT2D eigenvalue weighted by Gasteiger charge is 2.11. The molecule has 0 spiro atoms. The van der Waals surface area contributed by atoms with Gasteiger partial charge in [-0.1, -0.05) is 11.6 Å². The minimum atomic E-state index is -0.484. The van der Waals surface area contributed by atoms with Crippen molar-refractivity contribution in [3.05, 3.63) is 27.4 Å². The molecule has 1 unspecified atom stereocenters. The maximum Gasteiger partial charge on any atom is 0.145 e. The van der Waals surface area contributed by atoms with Gasteiger partial charge in [-0.15, -0.1) is 0 Å². The maximum absolute atomic E-state index is 13.4. The lowest BCUT2D eigenvalue weighted by molar-refractivity contribution is 0.143. The third-order valence-corrected chi connectivity index (χ3v) is 3.49. The Kier molecular flexibility index (Phi) is 8.45. The molecule has 0 saturated heterocycles. The van der Waals surface area contributed by atoms with Crippen LogP contribution in [0.25, 0.3) is 0 Å². The van der Waals surface area contributed by atoms with E-state index in [2.05, 4.69) is 21.2 Å². The molecule has 0 radical (unpaired) electrons. The lowest BCUT2D eigenvalue weighted by Gasteiger charge is -2.17. The van der Waals surface area contributed by atoms with Crippen molar-refractivity contribution < 1.29 is 13.9 Å². The molecule has 3 nitrogen and oxygen atoms in total. The van der Waals surface area contributed by atoms with Crippen LogP contribution < -0.4 is 10.1 Å². The average Bonchev–Trinajstić information content (AvgIpc) is 2.40. The van der Waals surface area contributed by atoms with Crippen LogP contribution in [-0.2, 0) is 4.74 Å². The van der Waals surface area contributed by atoms with Crippen molar-refractivity contribution in [2.24, 2.45) is 0 Å². The zero-order valence-corrected chi connectivity index (χ0v) is 14.1. The molecule has 1 atom stereocenters. The van der Waals surface area contributed by atoms with E-state index in [1.807, 2.05) is 13.8 Å². The van der Waals surface area contributed by atoms with Gasteiger partial charge < -0.3 is 14.8 Å². The van der Waals surface area contributed by atoms with E-state index in [9.17, 15) is 4.39 Å². The molecule has 6 heteroatoms. The minimum absolute atomic E-state index is 0.0704. The van der Waals surface area contributed by atoms with E-state index < -0.39 is 5.82 Å². The van der Waals surface area contributed by atoms with Gasteiger partial charge in [-0.2, -0.15) is 0 Å². The first kappa shape index (κ1) is 17.7. The Morgan fingerprint density at radius 3 is 2.90 bits per heavy atom. The smallest absolute Gasteiger partial charge is 0.145 e. The van der Waals surface area contributed by atoms with Gasteiger partial charge in [0.05, 0.1) is 9.50 Å². The van der Waals surface area contributed by atoms with Gasteiger partial charge in [0, 0.05) is 25.8 Å². The lowest BCUT2D eigenvalue weighted by Crippen LogP contribution is -2.30. The Morgan fingerprint density at radius 2 is 2.20 bits per heavy atom. The molecule has 0 heterocycles. The van der Waals surface area contributed by atoms with Crippen LogP contribution >= 0.6 is 27.5 Å². The minimum Gasteiger partial charge on any atom is -0.488 e. The van der Waals surface area contributed by atoms with E-state index in [0.29, 0.717) is 16.8 Å². The number of rotatable bonds is 9. The normalized spacial score (nSPS) is 12.4.